The van der Waals surface area contributed by atoms with Gasteiger partial charge in [-0.2, -0.15) is 0 Å². The molecule has 4 nitrogen and oxygen atoms in total. The van der Waals surface area contributed by atoms with Gasteiger partial charge >= 0.3 is 0 Å². The van der Waals surface area contributed by atoms with Gasteiger partial charge < -0.3 is 10.5 Å². The maximum absolute atomic E-state index is 11.8. The molecule has 0 aliphatic heterocycles. The van der Waals surface area contributed by atoms with Crippen molar-refractivity contribution in [1.82, 2.24) is 10.8 Å². The van der Waals surface area contributed by atoms with Crippen LogP contribution in [0.15, 0.2) is 0 Å². The first-order valence-electron chi connectivity index (χ1n) is 6.38. The molecule has 16 heavy (non-hydrogen) atoms. The average Bonchev–Trinajstić information content (AvgIpc) is 2.29. The number of nitrogens with one attached hydrogen (secondary N) is 2. The summed E-state index contributed by atoms with van der Waals surface area (Å²) in [7, 11) is 0. The largest absolute Gasteiger partial charge is 0.356 e. The zero-order chi connectivity index (χ0) is 12.4. The zero-order valence-electron chi connectivity index (χ0n) is 10.8. The Hall–Kier alpha value is -0.610. The molecule has 0 bridgehead atoms. The highest BCUT2D eigenvalue weighted by atomic mass is 16.5. The zero-order valence-corrected chi connectivity index (χ0v) is 10.8. The third-order valence-corrected chi connectivity index (χ3v) is 2.90. The van der Waals surface area contributed by atoms with Crippen molar-refractivity contribution in [3.63, 3.8) is 0 Å². The van der Waals surface area contributed by atoms with Gasteiger partial charge in [0.1, 0.15) is 0 Å². The van der Waals surface area contributed by atoms with Crippen molar-refractivity contribution in [2.24, 2.45) is 5.92 Å². The molecule has 0 aromatic rings. The molecule has 4 heteroatoms. The topological polar surface area (TPSA) is 61.4 Å². The summed E-state index contributed by atoms with van der Waals surface area (Å²) in [6.07, 6.45) is 4.91. The molecule has 96 valence electrons. The van der Waals surface area contributed by atoms with Gasteiger partial charge in [-0.15, -0.1) is 0 Å². The van der Waals surface area contributed by atoms with Gasteiger partial charge in [-0.05, 0) is 19.8 Å². The highest BCUT2D eigenvalue weighted by molar-refractivity contribution is 5.79. The summed E-state index contributed by atoms with van der Waals surface area (Å²) in [4.78, 5) is 11.8. The van der Waals surface area contributed by atoms with Gasteiger partial charge in [0, 0.05) is 12.6 Å². The Morgan fingerprint density at radius 2 is 1.94 bits per heavy atom. The second kappa shape index (κ2) is 9.60. The predicted octanol–water partition coefficient (Wildman–Crippen LogP) is 2.08. The number of unbranched alkanes of at least 4 members (excludes halogenated alkanes) is 2. The molecule has 0 radical (unpaired) electrons. The normalized spacial score (nSPS) is 14.5. The van der Waals surface area contributed by atoms with Crippen LogP contribution in [-0.2, 0) is 4.79 Å². The second-order valence-electron chi connectivity index (χ2n) is 4.14. The number of carbonyl (C=O) groups is 1. The van der Waals surface area contributed by atoms with Crippen LogP contribution in [0.25, 0.3) is 0 Å². The molecular formula is C12H26N2O2. The van der Waals surface area contributed by atoms with Crippen molar-refractivity contribution < 1.29 is 10.0 Å². The van der Waals surface area contributed by atoms with Crippen LogP contribution in [0.4, 0.5) is 0 Å². The van der Waals surface area contributed by atoms with E-state index in [9.17, 15) is 4.79 Å². The van der Waals surface area contributed by atoms with Crippen molar-refractivity contribution in [2.75, 3.05) is 6.54 Å². The van der Waals surface area contributed by atoms with Crippen molar-refractivity contribution >= 4 is 5.91 Å². The van der Waals surface area contributed by atoms with Crippen LogP contribution in [0.3, 0.4) is 0 Å². The summed E-state index contributed by atoms with van der Waals surface area (Å²) in [5.74, 6) is -0.0755. The predicted molar refractivity (Wildman–Crippen MR) is 65.3 cm³/mol. The van der Waals surface area contributed by atoms with E-state index in [1.807, 2.05) is 13.8 Å². The third kappa shape index (κ3) is 5.47. The van der Waals surface area contributed by atoms with Crippen LogP contribution in [-0.4, -0.2) is 23.7 Å². The summed E-state index contributed by atoms with van der Waals surface area (Å²) >= 11 is 0. The summed E-state index contributed by atoms with van der Waals surface area (Å²) in [6.45, 7) is 6.67. The molecule has 0 heterocycles. The molecule has 2 unspecified atom stereocenters. The molecule has 3 N–H and O–H groups in total. The summed E-state index contributed by atoms with van der Waals surface area (Å²) in [5.41, 5.74) is 2.26. The number of amides is 1. The van der Waals surface area contributed by atoms with Gasteiger partial charge in [0.05, 0.1) is 5.92 Å². The fourth-order valence-corrected chi connectivity index (χ4v) is 1.90. The molecule has 1 amide bonds. The van der Waals surface area contributed by atoms with Gasteiger partial charge in [-0.3, -0.25) is 4.79 Å². The Labute approximate surface area is 98.8 Å². The van der Waals surface area contributed by atoms with E-state index in [0.29, 0.717) is 6.54 Å². The minimum atomic E-state index is -0.136. The quantitative estimate of drug-likeness (QED) is 0.420. The van der Waals surface area contributed by atoms with Crippen molar-refractivity contribution in [1.29, 1.82) is 0 Å². The highest BCUT2D eigenvalue weighted by Gasteiger charge is 2.25. The second-order valence-corrected chi connectivity index (χ2v) is 4.14. The fraction of sp³-hybridized carbons (Fsp3) is 0.917. The van der Waals surface area contributed by atoms with Gasteiger partial charge in [0.2, 0.25) is 5.91 Å². The lowest BCUT2D eigenvalue weighted by Gasteiger charge is -2.23. The standard InChI is InChI=1S/C12H26N2O2/c1-4-7-8-9-10(11(5-2)14-16)12(15)13-6-3/h10-11,14,16H,4-9H2,1-3H3,(H,13,15). The SMILES string of the molecule is CCCCCC(C(=O)NCC)C(CC)NO. The van der Waals surface area contributed by atoms with Crippen LogP contribution in [0.2, 0.25) is 0 Å². The van der Waals surface area contributed by atoms with Crippen LogP contribution >= 0.6 is 0 Å². The monoisotopic (exact) mass is 230 g/mol. The minimum Gasteiger partial charge on any atom is -0.356 e. The molecule has 0 fully saturated rings. The van der Waals surface area contributed by atoms with E-state index in [1.54, 1.807) is 0 Å². The number of hydrogen-bond acceptors (Lipinski definition) is 3. The van der Waals surface area contributed by atoms with Crippen LogP contribution < -0.4 is 10.8 Å². The lowest BCUT2D eigenvalue weighted by molar-refractivity contribution is -0.127. The van der Waals surface area contributed by atoms with Gasteiger partial charge in [-0.25, -0.2) is 5.48 Å². The van der Waals surface area contributed by atoms with Crippen molar-refractivity contribution in [3.8, 4) is 0 Å². The Morgan fingerprint density at radius 3 is 2.38 bits per heavy atom. The maximum Gasteiger partial charge on any atom is 0.224 e. The third-order valence-electron chi connectivity index (χ3n) is 2.90. The number of rotatable bonds is 9. The molecule has 0 rings (SSSR count). The first-order valence-corrected chi connectivity index (χ1v) is 6.38. The summed E-state index contributed by atoms with van der Waals surface area (Å²) in [6, 6.07) is -0.136. The average molecular weight is 230 g/mol. The van der Waals surface area contributed by atoms with Crippen LogP contribution in [0.1, 0.15) is 52.9 Å². The maximum atomic E-state index is 11.8. The van der Waals surface area contributed by atoms with Crippen molar-refractivity contribution in [3.05, 3.63) is 0 Å². The molecule has 0 spiro atoms. The first kappa shape index (κ1) is 15.4. The van der Waals surface area contributed by atoms with Gasteiger partial charge in [-0.1, -0.05) is 33.1 Å². The smallest absolute Gasteiger partial charge is 0.224 e. The lowest BCUT2D eigenvalue weighted by Crippen LogP contribution is -2.43. The van der Waals surface area contributed by atoms with Crippen LogP contribution in [0, 0.1) is 5.92 Å². The number of carbonyl (C=O) groups excluding carboxylic acids is 1. The van der Waals surface area contributed by atoms with Gasteiger partial charge in [0.25, 0.3) is 0 Å². The molecule has 0 aromatic heterocycles. The van der Waals surface area contributed by atoms with E-state index in [4.69, 9.17) is 5.21 Å². The van der Waals surface area contributed by atoms with E-state index in [1.165, 1.54) is 0 Å². The molecular weight excluding hydrogens is 204 g/mol. The fourth-order valence-electron chi connectivity index (χ4n) is 1.90. The molecule has 0 aliphatic carbocycles. The van der Waals surface area contributed by atoms with E-state index in [2.05, 4.69) is 17.7 Å². The lowest BCUT2D eigenvalue weighted by atomic mass is 9.91. The summed E-state index contributed by atoms with van der Waals surface area (Å²) < 4.78 is 0. The number of hydroxylamine groups is 1. The Balaban J connectivity index is 4.29. The molecule has 2 atom stereocenters. The molecule has 0 saturated heterocycles. The van der Waals surface area contributed by atoms with E-state index >= 15 is 0 Å². The molecule has 0 aromatic carbocycles. The van der Waals surface area contributed by atoms with Crippen LogP contribution in [0.5, 0.6) is 0 Å². The Kier molecular flexibility index (Phi) is 9.24. The highest BCUT2D eigenvalue weighted by Crippen LogP contribution is 2.16. The van der Waals surface area contributed by atoms with Crippen molar-refractivity contribution in [2.45, 2.75) is 58.9 Å². The van der Waals surface area contributed by atoms with E-state index in [-0.39, 0.29) is 17.9 Å². The molecule has 0 aliphatic rings. The van der Waals surface area contributed by atoms with Gasteiger partial charge in [0.15, 0.2) is 0 Å². The minimum absolute atomic E-state index is 0.0482. The summed E-state index contributed by atoms with van der Waals surface area (Å²) in [5, 5.41) is 11.9. The molecule has 0 saturated carbocycles. The Morgan fingerprint density at radius 1 is 1.25 bits per heavy atom. The first-order chi connectivity index (χ1) is 7.71. The Bertz CT molecular complexity index is 182. The van der Waals surface area contributed by atoms with E-state index < -0.39 is 0 Å². The van der Waals surface area contributed by atoms with E-state index in [0.717, 1.165) is 32.1 Å². The number of hydrogen-bond donors (Lipinski definition) is 3.